The Balaban J connectivity index is 3.05. The largest absolute Gasteiger partial charge is 0.374 e. The Kier molecular flexibility index (Phi) is 4.43. The first-order chi connectivity index (χ1) is 7.56. The van der Waals surface area contributed by atoms with Gasteiger partial charge in [-0.25, -0.2) is 0 Å². The molecule has 0 aliphatic rings. The van der Waals surface area contributed by atoms with Gasteiger partial charge in [-0.2, -0.15) is 0 Å². The third-order valence-electron chi connectivity index (χ3n) is 2.75. The first-order valence-corrected chi connectivity index (χ1v) is 5.87. The van der Waals surface area contributed by atoms with Gasteiger partial charge in [-0.05, 0) is 29.0 Å². The highest BCUT2D eigenvalue weighted by Gasteiger charge is 2.08. The maximum absolute atomic E-state index is 5.27. The van der Waals surface area contributed by atoms with E-state index < -0.39 is 0 Å². The summed E-state index contributed by atoms with van der Waals surface area (Å²) in [6.07, 6.45) is 5.27. The molecule has 1 rings (SSSR count). The van der Waals surface area contributed by atoms with Crippen LogP contribution in [0.1, 0.15) is 50.7 Å². The normalized spacial score (nSPS) is 10.6. The van der Waals surface area contributed by atoms with E-state index in [9.17, 15) is 0 Å². The van der Waals surface area contributed by atoms with E-state index in [0.29, 0.717) is 18.4 Å². The minimum absolute atomic E-state index is 0.513. The highest BCUT2D eigenvalue weighted by Crippen LogP contribution is 2.28. The minimum atomic E-state index is 0.513. The second-order valence-corrected chi connectivity index (χ2v) is 4.71. The Morgan fingerprint density at radius 1 is 1.19 bits per heavy atom. The fourth-order valence-electron chi connectivity index (χ4n) is 1.73. The molecule has 0 atom stereocenters. The lowest BCUT2D eigenvalue weighted by molar-refractivity contribution is 0.835. The van der Waals surface area contributed by atoms with Crippen molar-refractivity contribution in [3.05, 3.63) is 29.3 Å². The molecule has 0 aliphatic carbocycles. The summed E-state index contributed by atoms with van der Waals surface area (Å²) >= 11 is 0. The third kappa shape index (κ3) is 3.03. The van der Waals surface area contributed by atoms with Gasteiger partial charge in [0.15, 0.2) is 0 Å². The summed E-state index contributed by atoms with van der Waals surface area (Å²) in [6, 6.07) is 6.60. The lowest BCUT2D eigenvalue weighted by Crippen LogP contribution is -2.04. The number of hydrogen-bond acceptors (Lipinski definition) is 1. The molecule has 1 aromatic rings. The fourth-order valence-corrected chi connectivity index (χ4v) is 1.73. The number of terminal acetylenes is 1. The molecule has 0 radical (unpaired) electrons. The van der Waals surface area contributed by atoms with Crippen molar-refractivity contribution in [1.29, 1.82) is 0 Å². The fraction of sp³-hybridized carbons (Fsp3) is 0.467. The molecule has 86 valence electrons. The minimum Gasteiger partial charge on any atom is -0.374 e. The molecular formula is C15H21N. The molecule has 0 fully saturated rings. The van der Waals surface area contributed by atoms with Crippen LogP contribution in [0.2, 0.25) is 0 Å². The lowest BCUT2D eigenvalue weighted by atomic mass is 9.94. The first-order valence-electron chi connectivity index (χ1n) is 5.87. The molecule has 0 aromatic heterocycles. The van der Waals surface area contributed by atoms with Crippen molar-refractivity contribution in [1.82, 2.24) is 0 Å². The number of anilines is 1. The highest BCUT2D eigenvalue weighted by atomic mass is 14.9. The molecule has 1 heteroatoms. The van der Waals surface area contributed by atoms with Crippen molar-refractivity contribution < 1.29 is 0 Å². The maximum atomic E-state index is 5.27. The Hall–Kier alpha value is -1.42. The van der Waals surface area contributed by atoms with Gasteiger partial charge in [-0.1, -0.05) is 45.7 Å². The summed E-state index contributed by atoms with van der Waals surface area (Å²) in [5.74, 6) is 3.69. The second kappa shape index (κ2) is 5.61. The molecule has 0 amide bonds. The van der Waals surface area contributed by atoms with E-state index in [-0.39, 0.29) is 0 Å². The van der Waals surface area contributed by atoms with Crippen LogP contribution in [0.25, 0.3) is 0 Å². The van der Waals surface area contributed by atoms with Crippen LogP contribution in [-0.4, -0.2) is 6.54 Å². The number of nitrogens with one attached hydrogen (secondary N) is 1. The van der Waals surface area contributed by atoms with Gasteiger partial charge in [0.1, 0.15) is 0 Å². The van der Waals surface area contributed by atoms with Gasteiger partial charge in [0.05, 0.1) is 6.54 Å². The first kappa shape index (κ1) is 12.6. The molecule has 0 spiro atoms. The van der Waals surface area contributed by atoms with E-state index in [1.807, 2.05) is 0 Å². The highest BCUT2D eigenvalue weighted by molar-refractivity contribution is 5.55. The SMILES string of the molecule is C#CCNc1ccc(C(C)C)cc1C(C)C. The van der Waals surface area contributed by atoms with Crippen molar-refractivity contribution in [2.45, 2.75) is 39.5 Å². The lowest BCUT2D eigenvalue weighted by Gasteiger charge is -2.16. The van der Waals surface area contributed by atoms with Gasteiger partial charge in [-0.15, -0.1) is 6.42 Å². The molecule has 16 heavy (non-hydrogen) atoms. The standard InChI is InChI=1S/C15H21N/c1-6-9-16-15-8-7-13(11(2)3)10-14(15)12(4)5/h1,7-8,10-12,16H,9H2,2-5H3. The molecule has 0 unspecified atom stereocenters. The molecule has 1 aromatic carbocycles. The quantitative estimate of drug-likeness (QED) is 0.749. The summed E-state index contributed by atoms with van der Waals surface area (Å²) in [7, 11) is 0. The van der Waals surface area contributed by atoms with Crippen molar-refractivity contribution in [3.63, 3.8) is 0 Å². The van der Waals surface area contributed by atoms with Gasteiger partial charge in [0.25, 0.3) is 0 Å². The Morgan fingerprint density at radius 3 is 2.38 bits per heavy atom. The van der Waals surface area contributed by atoms with E-state index >= 15 is 0 Å². The average molecular weight is 215 g/mol. The van der Waals surface area contributed by atoms with E-state index in [1.165, 1.54) is 11.1 Å². The maximum Gasteiger partial charge on any atom is 0.0763 e. The van der Waals surface area contributed by atoms with E-state index in [0.717, 1.165) is 5.69 Å². The molecule has 1 N–H and O–H groups in total. The zero-order valence-corrected chi connectivity index (χ0v) is 10.7. The summed E-state index contributed by atoms with van der Waals surface area (Å²) in [4.78, 5) is 0. The molecule has 0 aliphatic heterocycles. The van der Waals surface area contributed by atoms with Gasteiger partial charge >= 0.3 is 0 Å². The molecule has 0 bridgehead atoms. The van der Waals surface area contributed by atoms with Crippen LogP contribution in [0, 0.1) is 12.3 Å². The molecule has 0 heterocycles. The Morgan fingerprint density at radius 2 is 1.88 bits per heavy atom. The summed E-state index contributed by atoms with van der Waals surface area (Å²) < 4.78 is 0. The Bertz CT molecular complexity index is 383. The van der Waals surface area contributed by atoms with Crippen LogP contribution in [0.5, 0.6) is 0 Å². The van der Waals surface area contributed by atoms with Crippen LogP contribution < -0.4 is 5.32 Å². The van der Waals surface area contributed by atoms with E-state index in [1.54, 1.807) is 0 Å². The average Bonchev–Trinajstić information content (AvgIpc) is 2.25. The van der Waals surface area contributed by atoms with Crippen LogP contribution in [-0.2, 0) is 0 Å². The van der Waals surface area contributed by atoms with E-state index in [2.05, 4.69) is 57.1 Å². The second-order valence-electron chi connectivity index (χ2n) is 4.71. The molecule has 0 saturated carbocycles. The number of benzene rings is 1. The zero-order valence-electron chi connectivity index (χ0n) is 10.7. The number of hydrogen-bond donors (Lipinski definition) is 1. The number of rotatable bonds is 4. The predicted molar refractivity (Wildman–Crippen MR) is 71.9 cm³/mol. The van der Waals surface area contributed by atoms with Gasteiger partial charge < -0.3 is 5.32 Å². The van der Waals surface area contributed by atoms with Crippen LogP contribution in [0.3, 0.4) is 0 Å². The smallest absolute Gasteiger partial charge is 0.0763 e. The summed E-state index contributed by atoms with van der Waals surface area (Å²) in [5.41, 5.74) is 3.90. The van der Waals surface area contributed by atoms with Crippen LogP contribution in [0.4, 0.5) is 5.69 Å². The molecular weight excluding hydrogens is 194 g/mol. The van der Waals surface area contributed by atoms with Crippen molar-refractivity contribution in [3.8, 4) is 12.3 Å². The van der Waals surface area contributed by atoms with Gasteiger partial charge in [0, 0.05) is 5.69 Å². The third-order valence-corrected chi connectivity index (χ3v) is 2.75. The predicted octanol–water partition coefficient (Wildman–Crippen LogP) is 3.98. The monoisotopic (exact) mass is 215 g/mol. The Labute approximate surface area is 99.3 Å². The summed E-state index contributed by atoms with van der Waals surface area (Å²) in [5, 5.41) is 3.27. The van der Waals surface area contributed by atoms with Gasteiger partial charge in [-0.3, -0.25) is 0 Å². The van der Waals surface area contributed by atoms with Gasteiger partial charge in [0.2, 0.25) is 0 Å². The zero-order chi connectivity index (χ0) is 12.1. The summed E-state index contributed by atoms with van der Waals surface area (Å²) in [6.45, 7) is 9.43. The van der Waals surface area contributed by atoms with Crippen molar-refractivity contribution in [2.24, 2.45) is 0 Å². The van der Waals surface area contributed by atoms with E-state index in [4.69, 9.17) is 6.42 Å². The molecule has 0 saturated heterocycles. The molecule has 1 nitrogen and oxygen atoms in total. The van der Waals surface area contributed by atoms with Crippen LogP contribution >= 0.6 is 0 Å². The van der Waals surface area contributed by atoms with Crippen molar-refractivity contribution in [2.75, 3.05) is 11.9 Å². The van der Waals surface area contributed by atoms with Crippen molar-refractivity contribution >= 4 is 5.69 Å². The topological polar surface area (TPSA) is 12.0 Å². The van der Waals surface area contributed by atoms with Crippen LogP contribution in [0.15, 0.2) is 18.2 Å².